The van der Waals surface area contributed by atoms with E-state index >= 15 is 0 Å². The first-order valence-electron chi connectivity index (χ1n) is 9.64. The van der Waals surface area contributed by atoms with Gasteiger partial charge in [0.05, 0.1) is 10.0 Å². The van der Waals surface area contributed by atoms with Crippen LogP contribution in [0.4, 0.5) is 5.69 Å². The number of sulfonamides is 1. The minimum atomic E-state index is -3.93. The second-order valence-corrected chi connectivity index (χ2v) is 9.59. The number of benzene rings is 2. The third-order valence-corrected chi connectivity index (χ3v) is 7.52. The average Bonchev–Trinajstić information content (AvgIpc) is 3.17. The van der Waals surface area contributed by atoms with E-state index in [1.54, 1.807) is 23.4 Å². The van der Waals surface area contributed by atoms with Crippen LogP contribution in [-0.2, 0) is 21.2 Å². The molecule has 4 rings (SSSR count). The quantitative estimate of drug-likeness (QED) is 0.575. The Morgan fingerprint density at radius 3 is 2.45 bits per heavy atom. The van der Waals surface area contributed by atoms with Crippen molar-refractivity contribution in [1.29, 1.82) is 0 Å². The SMILES string of the molecule is O=C(CCNS(=O)(=O)c1c(Cl)cccc1Cl)N1CCc2cc(-c3ccncc3)ccc21. The number of carbonyl (C=O) groups is 1. The summed E-state index contributed by atoms with van der Waals surface area (Å²) in [6.45, 7) is 0.515. The van der Waals surface area contributed by atoms with Crippen molar-refractivity contribution in [2.45, 2.75) is 17.7 Å². The molecule has 0 spiro atoms. The molecule has 1 N–H and O–H groups in total. The van der Waals surface area contributed by atoms with Gasteiger partial charge in [-0.05, 0) is 59.5 Å². The van der Waals surface area contributed by atoms with Crippen molar-refractivity contribution in [2.24, 2.45) is 0 Å². The van der Waals surface area contributed by atoms with Gasteiger partial charge in [-0.25, -0.2) is 13.1 Å². The molecule has 0 atom stereocenters. The minimum Gasteiger partial charge on any atom is -0.312 e. The van der Waals surface area contributed by atoms with Gasteiger partial charge in [0.2, 0.25) is 15.9 Å². The zero-order valence-electron chi connectivity index (χ0n) is 16.4. The summed E-state index contributed by atoms with van der Waals surface area (Å²) in [6, 6.07) is 14.3. The normalized spacial score (nSPS) is 13.3. The van der Waals surface area contributed by atoms with Gasteiger partial charge >= 0.3 is 0 Å². The zero-order chi connectivity index (χ0) is 22.0. The van der Waals surface area contributed by atoms with E-state index in [2.05, 4.69) is 15.8 Å². The molecular formula is C22H19Cl2N3O3S. The van der Waals surface area contributed by atoms with E-state index in [0.29, 0.717) is 6.54 Å². The molecule has 6 nitrogen and oxygen atoms in total. The van der Waals surface area contributed by atoms with Gasteiger partial charge < -0.3 is 4.90 Å². The third kappa shape index (κ3) is 4.60. The molecule has 1 aromatic heterocycles. The Morgan fingerprint density at radius 1 is 1.03 bits per heavy atom. The van der Waals surface area contributed by atoms with Crippen LogP contribution >= 0.6 is 23.2 Å². The fourth-order valence-corrected chi connectivity index (χ4v) is 5.79. The van der Waals surface area contributed by atoms with Crippen molar-refractivity contribution in [2.75, 3.05) is 18.0 Å². The van der Waals surface area contributed by atoms with E-state index in [0.717, 1.165) is 28.8 Å². The molecule has 0 saturated heterocycles. The maximum absolute atomic E-state index is 12.7. The average molecular weight is 476 g/mol. The number of aromatic nitrogens is 1. The van der Waals surface area contributed by atoms with Crippen molar-refractivity contribution >= 4 is 44.8 Å². The van der Waals surface area contributed by atoms with Crippen molar-refractivity contribution < 1.29 is 13.2 Å². The summed E-state index contributed by atoms with van der Waals surface area (Å²) in [5.41, 5.74) is 4.08. The molecule has 31 heavy (non-hydrogen) atoms. The van der Waals surface area contributed by atoms with Crippen LogP contribution in [0.15, 0.2) is 65.8 Å². The van der Waals surface area contributed by atoms with Crippen LogP contribution in [0.5, 0.6) is 0 Å². The number of rotatable bonds is 6. The molecule has 9 heteroatoms. The molecule has 1 aliphatic heterocycles. The second kappa shape index (κ2) is 8.96. The van der Waals surface area contributed by atoms with Crippen molar-refractivity contribution in [3.63, 3.8) is 0 Å². The Balaban J connectivity index is 1.42. The molecule has 1 amide bonds. The summed E-state index contributed by atoms with van der Waals surface area (Å²) in [6.07, 6.45) is 4.26. The highest BCUT2D eigenvalue weighted by molar-refractivity contribution is 7.89. The zero-order valence-corrected chi connectivity index (χ0v) is 18.7. The smallest absolute Gasteiger partial charge is 0.243 e. The molecule has 0 aliphatic carbocycles. The molecule has 160 valence electrons. The number of nitrogens with one attached hydrogen (secondary N) is 1. The van der Waals surface area contributed by atoms with Crippen molar-refractivity contribution in [3.8, 4) is 11.1 Å². The Labute approximate surface area is 190 Å². The highest BCUT2D eigenvalue weighted by atomic mass is 35.5. The van der Waals surface area contributed by atoms with Crippen LogP contribution in [-0.4, -0.2) is 32.4 Å². The number of nitrogens with zero attached hydrogens (tertiary/aromatic N) is 2. The lowest BCUT2D eigenvalue weighted by atomic mass is 10.0. The molecule has 0 fully saturated rings. The largest absolute Gasteiger partial charge is 0.312 e. The van der Waals surface area contributed by atoms with Crippen molar-refractivity contribution in [1.82, 2.24) is 9.71 Å². The monoisotopic (exact) mass is 475 g/mol. The maximum atomic E-state index is 12.7. The van der Waals surface area contributed by atoms with E-state index in [4.69, 9.17) is 23.2 Å². The Hall–Kier alpha value is -2.45. The number of amides is 1. The second-order valence-electron chi connectivity index (χ2n) is 7.07. The summed E-state index contributed by atoms with van der Waals surface area (Å²) < 4.78 is 27.5. The fourth-order valence-electron chi connectivity index (χ4n) is 3.62. The summed E-state index contributed by atoms with van der Waals surface area (Å²) in [5.74, 6) is -0.150. The summed E-state index contributed by atoms with van der Waals surface area (Å²) in [5, 5.41) is 0.0644. The van der Waals surface area contributed by atoms with Gasteiger partial charge in [0.25, 0.3) is 0 Å². The van der Waals surface area contributed by atoms with E-state index < -0.39 is 10.0 Å². The third-order valence-electron chi connectivity index (χ3n) is 5.11. The fraction of sp³-hybridized carbons (Fsp3) is 0.182. The van der Waals surface area contributed by atoms with Crippen LogP contribution in [0.25, 0.3) is 11.1 Å². The molecule has 1 aliphatic rings. The number of carbonyl (C=O) groups excluding carboxylic acids is 1. The molecule has 0 radical (unpaired) electrons. The van der Waals surface area contributed by atoms with E-state index in [9.17, 15) is 13.2 Å². The number of anilines is 1. The summed E-state index contributed by atoms with van der Waals surface area (Å²) in [7, 11) is -3.93. The number of hydrogen-bond donors (Lipinski definition) is 1. The van der Waals surface area contributed by atoms with Gasteiger partial charge in [-0.15, -0.1) is 0 Å². The lowest BCUT2D eigenvalue weighted by Crippen LogP contribution is -2.33. The first kappa shape index (κ1) is 21.8. The summed E-state index contributed by atoms with van der Waals surface area (Å²) >= 11 is 12.0. The Kier molecular flexibility index (Phi) is 6.29. The predicted octanol–water partition coefficient (Wildman–Crippen LogP) is 4.31. The number of pyridine rings is 1. The van der Waals surface area contributed by atoms with Crippen molar-refractivity contribution in [3.05, 3.63) is 76.5 Å². The molecule has 0 bridgehead atoms. The van der Waals surface area contributed by atoms with Gasteiger partial charge in [0.1, 0.15) is 4.90 Å². The highest BCUT2D eigenvalue weighted by Crippen LogP contribution is 2.33. The van der Waals surface area contributed by atoms with Gasteiger partial charge in [0.15, 0.2) is 0 Å². The van der Waals surface area contributed by atoms with Crippen LogP contribution in [0.2, 0.25) is 10.0 Å². The topological polar surface area (TPSA) is 79.4 Å². The van der Waals surface area contributed by atoms with E-state index in [1.807, 2.05) is 24.3 Å². The Bertz CT molecular complexity index is 1210. The predicted molar refractivity (Wildman–Crippen MR) is 122 cm³/mol. The van der Waals surface area contributed by atoms with Crippen LogP contribution in [0, 0.1) is 0 Å². The van der Waals surface area contributed by atoms with Gasteiger partial charge in [-0.1, -0.05) is 35.3 Å². The van der Waals surface area contributed by atoms with Crippen LogP contribution < -0.4 is 9.62 Å². The maximum Gasteiger partial charge on any atom is 0.243 e. The molecule has 0 unspecified atom stereocenters. The molecule has 2 heterocycles. The van der Waals surface area contributed by atoms with E-state index in [1.165, 1.54) is 12.1 Å². The number of halogens is 2. The first-order chi connectivity index (χ1) is 14.9. The number of fused-ring (bicyclic) bond motifs is 1. The number of hydrogen-bond acceptors (Lipinski definition) is 4. The van der Waals surface area contributed by atoms with E-state index in [-0.39, 0.29) is 33.8 Å². The molecule has 3 aromatic rings. The lowest BCUT2D eigenvalue weighted by Gasteiger charge is -2.18. The first-order valence-corrected chi connectivity index (χ1v) is 11.9. The Morgan fingerprint density at radius 2 is 1.74 bits per heavy atom. The highest BCUT2D eigenvalue weighted by Gasteiger charge is 2.26. The van der Waals surface area contributed by atoms with Crippen LogP contribution in [0.1, 0.15) is 12.0 Å². The molecule has 0 saturated carbocycles. The summed E-state index contributed by atoms with van der Waals surface area (Å²) in [4.78, 5) is 18.3. The molecule has 2 aromatic carbocycles. The van der Waals surface area contributed by atoms with Gasteiger partial charge in [-0.3, -0.25) is 9.78 Å². The van der Waals surface area contributed by atoms with Gasteiger partial charge in [-0.2, -0.15) is 0 Å². The van der Waals surface area contributed by atoms with Gasteiger partial charge in [0, 0.05) is 37.6 Å². The standard InChI is InChI=1S/C22H19Cl2N3O3S/c23-18-2-1-3-19(24)22(18)31(29,30)26-12-8-21(28)27-13-9-17-14-16(4-5-20(17)27)15-6-10-25-11-7-15/h1-7,10-11,14,26H,8-9,12-13H2. The lowest BCUT2D eigenvalue weighted by molar-refractivity contribution is -0.118. The molecular weight excluding hydrogens is 457 g/mol. The minimum absolute atomic E-state index is 0.0207. The van der Waals surface area contributed by atoms with Crippen LogP contribution in [0.3, 0.4) is 0 Å².